The number of carbonyl (C=O) groups excluding carboxylic acids is 2. The van der Waals surface area contributed by atoms with E-state index >= 15 is 0 Å². The highest BCUT2D eigenvalue weighted by molar-refractivity contribution is 7.98. The van der Waals surface area contributed by atoms with Gasteiger partial charge in [0.2, 0.25) is 0 Å². The molecule has 1 unspecified atom stereocenters. The van der Waals surface area contributed by atoms with Crippen LogP contribution in [0.3, 0.4) is 0 Å². The minimum Gasteiger partial charge on any atom is -0.448 e. The lowest BCUT2D eigenvalue weighted by Gasteiger charge is -2.23. The molecule has 0 aromatic heterocycles. The number of benzene rings is 2. The molecule has 130 valence electrons. The molecule has 1 aliphatic heterocycles. The Morgan fingerprint density at radius 2 is 1.96 bits per heavy atom. The fourth-order valence-corrected chi connectivity index (χ4v) is 3.53. The van der Waals surface area contributed by atoms with Gasteiger partial charge in [-0.1, -0.05) is 48.0 Å². The summed E-state index contributed by atoms with van der Waals surface area (Å²) < 4.78 is 5.25. The predicted octanol–water partition coefficient (Wildman–Crippen LogP) is 3.13. The molecule has 1 amide bonds. The second-order valence-corrected chi connectivity index (χ2v) is 7.19. The van der Waals surface area contributed by atoms with Crippen molar-refractivity contribution in [3.8, 4) is 0 Å². The third-order valence-electron chi connectivity index (χ3n) is 4.12. The fourth-order valence-electron chi connectivity index (χ4n) is 2.71. The van der Waals surface area contributed by atoms with Crippen LogP contribution in [-0.2, 0) is 21.7 Å². The van der Waals surface area contributed by atoms with Gasteiger partial charge in [-0.15, -0.1) is 0 Å². The number of carbonyl (C=O) groups is 2. The van der Waals surface area contributed by atoms with E-state index in [-0.39, 0.29) is 5.91 Å². The van der Waals surface area contributed by atoms with Crippen molar-refractivity contribution in [1.29, 1.82) is 0 Å². The summed E-state index contributed by atoms with van der Waals surface area (Å²) in [4.78, 5) is 24.2. The van der Waals surface area contributed by atoms with E-state index in [0.717, 1.165) is 17.1 Å². The van der Waals surface area contributed by atoms with E-state index in [9.17, 15) is 9.59 Å². The van der Waals surface area contributed by atoms with Gasteiger partial charge in [0.15, 0.2) is 6.10 Å². The highest BCUT2D eigenvalue weighted by Crippen LogP contribution is 2.20. The number of ether oxygens (including phenoxy) is 1. The molecule has 25 heavy (non-hydrogen) atoms. The number of hydrogen-bond donors (Lipinski definition) is 1. The molecule has 2 aromatic rings. The van der Waals surface area contributed by atoms with Crippen molar-refractivity contribution in [3.63, 3.8) is 0 Å². The van der Waals surface area contributed by atoms with Gasteiger partial charge in [0.1, 0.15) is 0 Å². The molecule has 5 heteroatoms. The van der Waals surface area contributed by atoms with Crippen LogP contribution in [0.2, 0.25) is 0 Å². The summed E-state index contributed by atoms with van der Waals surface area (Å²) in [6, 6.07) is 15.7. The average Bonchev–Trinajstić information content (AvgIpc) is 2.63. The zero-order valence-electron chi connectivity index (χ0n) is 14.2. The topological polar surface area (TPSA) is 55.4 Å². The molecule has 0 spiro atoms. The molecule has 3 rings (SSSR count). The van der Waals surface area contributed by atoms with E-state index < -0.39 is 12.1 Å². The van der Waals surface area contributed by atoms with Crippen LogP contribution in [0.15, 0.2) is 48.5 Å². The maximum absolute atomic E-state index is 12.2. The van der Waals surface area contributed by atoms with Crippen molar-refractivity contribution in [2.75, 3.05) is 12.3 Å². The molecule has 0 aliphatic carbocycles. The van der Waals surface area contributed by atoms with Crippen molar-refractivity contribution >= 4 is 23.6 Å². The second kappa shape index (κ2) is 8.21. The summed E-state index contributed by atoms with van der Waals surface area (Å²) in [5.41, 5.74) is 3.96. The maximum atomic E-state index is 12.2. The van der Waals surface area contributed by atoms with Gasteiger partial charge in [-0.2, -0.15) is 11.8 Å². The summed E-state index contributed by atoms with van der Waals surface area (Å²) in [6.45, 7) is 2.63. The Bertz CT molecular complexity index is 758. The van der Waals surface area contributed by atoms with Crippen molar-refractivity contribution in [2.24, 2.45) is 0 Å². The molecule has 2 aromatic carbocycles. The number of aryl methyl sites for hydroxylation is 1. The molecule has 0 bridgehead atoms. The maximum Gasteiger partial charge on any atom is 0.339 e. The minimum absolute atomic E-state index is 0.223. The smallest absolute Gasteiger partial charge is 0.339 e. The normalized spacial score (nSPS) is 16.0. The van der Waals surface area contributed by atoms with Crippen molar-refractivity contribution in [3.05, 3.63) is 70.8 Å². The lowest BCUT2D eigenvalue weighted by molar-refractivity contribution is -0.130. The van der Waals surface area contributed by atoms with Crippen LogP contribution in [0, 0.1) is 6.92 Å². The third kappa shape index (κ3) is 4.63. The van der Waals surface area contributed by atoms with Crippen molar-refractivity contribution in [2.45, 2.75) is 25.2 Å². The molecule has 1 aliphatic rings. The monoisotopic (exact) mass is 355 g/mol. The summed E-state index contributed by atoms with van der Waals surface area (Å²) in [6.07, 6.45) is -0.297. The SMILES string of the molecule is Cc1ccc(CSCCNC(=O)C2Cc3ccccc3C(=O)O2)cc1. The summed E-state index contributed by atoms with van der Waals surface area (Å²) in [5.74, 6) is 1.09. The van der Waals surface area contributed by atoms with Crippen LogP contribution in [-0.4, -0.2) is 30.3 Å². The van der Waals surface area contributed by atoms with E-state index in [1.807, 2.05) is 12.1 Å². The number of cyclic esters (lactones) is 1. The standard InChI is InChI=1S/C20H21NO3S/c1-14-6-8-15(9-7-14)13-25-11-10-21-19(22)18-12-16-4-2-3-5-17(16)20(23)24-18/h2-9,18H,10-13H2,1H3,(H,21,22). The first kappa shape index (κ1) is 17.5. The Hall–Kier alpha value is -2.27. The molecule has 0 radical (unpaired) electrons. The van der Waals surface area contributed by atoms with Gasteiger partial charge in [0.25, 0.3) is 5.91 Å². The summed E-state index contributed by atoms with van der Waals surface area (Å²) >= 11 is 1.77. The third-order valence-corrected chi connectivity index (χ3v) is 5.15. The Morgan fingerprint density at radius 1 is 1.20 bits per heavy atom. The highest BCUT2D eigenvalue weighted by Gasteiger charge is 2.30. The number of fused-ring (bicyclic) bond motifs is 1. The molecule has 1 N–H and O–H groups in total. The quantitative estimate of drug-likeness (QED) is 0.639. The first-order chi connectivity index (χ1) is 12.1. The van der Waals surface area contributed by atoms with Crippen LogP contribution < -0.4 is 5.32 Å². The Morgan fingerprint density at radius 3 is 2.76 bits per heavy atom. The molecule has 0 fully saturated rings. The minimum atomic E-state index is -0.732. The number of rotatable bonds is 6. The Balaban J connectivity index is 1.41. The molecule has 4 nitrogen and oxygen atoms in total. The zero-order chi connectivity index (χ0) is 17.6. The molecule has 0 saturated carbocycles. The highest BCUT2D eigenvalue weighted by atomic mass is 32.2. The molecular weight excluding hydrogens is 334 g/mol. The molecular formula is C20H21NO3S. The van der Waals surface area contributed by atoms with Gasteiger partial charge in [0, 0.05) is 24.5 Å². The van der Waals surface area contributed by atoms with Gasteiger partial charge < -0.3 is 10.1 Å². The van der Waals surface area contributed by atoms with Crippen LogP contribution in [0.1, 0.15) is 27.0 Å². The predicted molar refractivity (Wildman–Crippen MR) is 99.7 cm³/mol. The van der Waals surface area contributed by atoms with Crippen LogP contribution in [0.25, 0.3) is 0 Å². The Labute approximate surface area is 152 Å². The molecule has 1 atom stereocenters. The van der Waals surface area contributed by atoms with Gasteiger partial charge in [-0.3, -0.25) is 4.79 Å². The molecule has 1 heterocycles. The van der Waals surface area contributed by atoms with Gasteiger partial charge >= 0.3 is 5.97 Å². The van der Waals surface area contributed by atoms with E-state index in [2.05, 4.69) is 36.5 Å². The van der Waals surface area contributed by atoms with Crippen molar-refractivity contribution in [1.82, 2.24) is 5.32 Å². The number of thioether (sulfide) groups is 1. The lowest BCUT2D eigenvalue weighted by atomic mass is 9.98. The van der Waals surface area contributed by atoms with Gasteiger partial charge in [-0.05, 0) is 24.1 Å². The zero-order valence-corrected chi connectivity index (χ0v) is 15.0. The van der Waals surface area contributed by atoms with Gasteiger partial charge in [-0.25, -0.2) is 4.79 Å². The number of hydrogen-bond acceptors (Lipinski definition) is 4. The van der Waals surface area contributed by atoms with E-state index in [1.54, 1.807) is 23.9 Å². The summed E-state index contributed by atoms with van der Waals surface area (Å²) in [5, 5.41) is 2.86. The van der Waals surface area contributed by atoms with Crippen LogP contribution in [0.5, 0.6) is 0 Å². The van der Waals surface area contributed by atoms with E-state index in [4.69, 9.17) is 4.74 Å². The molecule has 0 saturated heterocycles. The Kier molecular flexibility index (Phi) is 5.76. The van der Waals surface area contributed by atoms with Gasteiger partial charge in [0.05, 0.1) is 5.56 Å². The van der Waals surface area contributed by atoms with Crippen LogP contribution in [0.4, 0.5) is 0 Å². The van der Waals surface area contributed by atoms with E-state index in [0.29, 0.717) is 18.5 Å². The summed E-state index contributed by atoms with van der Waals surface area (Å²) in [7, 11) is 0. The van der Waals surface area contributed by atoms with Crippen molar-refractivity contribution < 1.29 is 14.3 Å². The number of nitrogens with one attached hydrogen (secondary N) is 1. The number of amides is 1. The lowest BCUT2D eigenvalue weighted by Crippen LogP contribution is -2.42. The largest absolute Gasteiger partial charge is 0.448 e. The van der Waals surface area contributed by atoms with Crippen LogP contribution >= 0.6 is 11.8 Å². The van der Waals surface area contributed by atoms with E-state index in [1.165, 1.54) is 11.1 Å². The number of esters is 1. The fraction of sp³-hybridized carbons (Fsp3) is 0.300. The second-order valence-electron chi connectivity index (χ2n) is 6.08. The first-order valence-corrected chi connectivity index (χ1v) is 9.49. The average molecular weight is 355 g/mol. The first-order valence-electron chi connectivity index (χ1n) is 8.33.